The molecule has 2 heterocycles. The van der Waals surface area contributed by atoms with Gasteiger partial charge in [-0.05, 0) is 35.9 Å². The normalized spacial score (nSPS) is 14.2. The van der Waals surface area contributed by atoms with Gasteiger partial charge in [0, 0.05) is 21.5 Å². The summed E-state index contributed by atoms with van der Waals surface area (Å²) >= 11 is 3.33. The number of hydrogen-bond donors (Lipinski definition) is 4. The number of carbonyl (C=O) groups is 2. The summed E-state index contributed by atoms with van der Waals surface area (Å²) in [5.41, 5.74) is 0.445. The zero-order chi connectivity index (χ0) is 22.3. The fourth-order valence-corrected chi connectivity index (χ4v) is 3.45. The van der Waals surface area contributed by atoms with E-state index < -0.39 is 23.3 Å². The number of aromatic nitrogens is 1. The number of H-pyrrole nitrogens is 1. The van der Waals surface area contributed by atoms with Gasteiger partial charge in [-0.3, -0.25) is 14.8 Å². The third-order valence-electron chi connectivity index (χ3n) is 4.58. The van der Waals surface area contributed by atoms with Crippen molar-refractivity contribution in [1.82, 2.24) is 4.98 Å². The van der Waals surface area contributed by atoms with E-state index in [4.69, 9.17) is 9.47 Å². The highest BCUT2D eigenvalue weighted by atomic mass is 79.9. The van der Waals surface area contributed by atoms with E-state index in [2.05, 4.69) is 25.9 Å². The Hall–Kier alpha value is -3.86. The average Bonchev–Trinajstić information content (AvgIpc) is 3.11. The second-order valence-electron chi connectivity index (χ2n) is 6.59. The summed E-state index contributed by atoms with van der Waals surface area (Å²) in [4.78, 5) is 41.3. The molecule has 0 saturated heterocycles. The molecule has 10 nitrogen and oxygen atoms in total. The molecule has 158 valence electrons. The number of halogens is 1. The van der Waals surface area contributed by atoms with Crippen LogP contribution in [0.3, 0.4) is 0 Å². The van der Waals surface area contributed by atoms with Crippen molar-refractivity contribution < 1.29 is 34.4 Å². The highest BCUT2D eigenvalue weighted by Gasteiger charge is 2.57. The van der Waals surface area contributed by atoms with Crippen LogP contribution in [0.1, 0.15) is 11.1 Å². The minimum absolute atomic E-state index is 0.0216. The highest BCUT2D eigenvalue weighted by molar-refractivity contribution is 9.10. The summed E-state index contributed by atoms with van der Waals surface area (Å²) in [7, 11) is 0. The Morgan fingerprint density at radius 1 is 1.06 bits per heavy atom. The number of fused-ring (bicyclic) bond motifs is 2. The van der Waals surface area contributed by atoms with Crippen LogP contribution in [-0.2, 0) is 16.1 Å². The lowest BCUT2D eigenvalue weighted by molar-refractivity contribution is -0.194. The van der Waals surface area contributed by atoms with Crippen LogP contribution in [0.5, 0.6) is 17.4 Å². The lowest BCUT2D eigenvalue weighted by Gasteiger charge is -2.16. The van der Waals surface area contributed by atoms with E-state index in [1.165, 1.54) is 18.3 Å². The summed E-state index contributed by atoms with van der Waals surface area (Å²) in [6.45, 7) is 0.0951. The molecule has 2 aromatic carbocycles. The van der Waals surface area contributed by atoms with Crippen LogP contribution in [0, 0.1) is 0 Å². The molecule has 4 rings (SSSR count). The Bertz CT molecular complexity index is 1320. The molecule has 0 atom stereocenters. The van der Waals surface area contributed by atoms with E-state index in [1.54, 1.807) is 24.3 Å². The number of benzene rings is 2. The van der Waals surface area contributed by atoms with E-state index >= 15 is 0 Å². The monoisotopic (exact) mass is 488 g/mol. The van der Waals surface area contributed by atoms with Crippen LogP contribution in [0.25, 0.3) is 10.8 Å². The molecule has 0 bridgehead atoms. The van der Waals surface area contributed by atoms with Crippen molar-refractivity contribution in [2.24, 2.45) is 4.99 Å². The number of carboxylic acids is 2. The van der Waals surface area contributed by atoms with Gasteiger partial charge in [0.1, 0.15) is 0 Å². The lowest BCUT2D eigenvalue weighted by Crippen LogP contribution is -2.54. The number of nitrogens with zero attached hydrogens (tertiary/aromatic N) is 1. The molecule has 1 aliphatic rings. The molecule has 1 aliphatic heterocycles. The Balaban J connectivity index is 1.61. The number of hydrogen-bond acceptors (Lipinski definition) is 7. The average molecular weight is 489 g/mol. The van der Waals surface area contributed by atoms with Gasteiger partial charge in [0.25, 0.3) is 5.56 Å². The number of nitrogens with one attached hydrogen (secondary N) is 1. The molecule has 0 aliphatic carbocycles. The maximum absolute atomic E-state index is 12.0. The van der Waals surface area contributed by atoms with Gasteiger partial charge in [0.05, 0.1) is 12.1 Å². The Morgan fingerprint density at radius 2 is 1.77 bits per heavy atom. The smallest absolute Gasteiger partial charge is 0.453 e. The molecule has 0 radical (unpaired) electrons. The summed E-state index contributed by atoms with van der Waals surface area (Å²) in [5.74, 6) is -6.81. The van der Waals surface area contributed by atoms with Gasteiger partial charge in [0.15, 0.2) is 11.5 Å². The topological polar surface area (TPSA) is 159 Å². The van der Waals surface area contributed by atoms with Crippen LogP contribution >= 0.6 is 15.9 Å². The van der Waals surface area contributed by atoms with Crippen molar-refractivity contribution in [1.29, 1.82) is 0 Å². The third kappa shape index (κ3) is 3.48. The van der Waals surface area contributed by atoms with Crippen molar-refractivity contribution in [3.8, 4) is 17.4 Å². The van der Waals surface area contributed by atoms with Gasteiger partial charge in [0.2, 0.25) is 5.88 Å². The SMILES string of the molecule is O=C(O)C1(C(=O)O)Oc2ccc(CN=Cc3c(O)[nH]c(=O)c4ccc(Br)cc34)cc2O1. The quantitative estimate of drug-likeness (QED) is 0.314. The summed E-state index contributed by atoms with van der Waals surface area (Å²) < 4.78 is 10.8. The van der Waals surface area contributed by atoms with Gasteiger partial charge >= 0.3 is 17.7 Å². The van der Waals surface area contributed by atoms with E-state index in [1.807, 2.05) is 0 Å². The zero-order valence-electron chi connectivity index (χ0n) is 15.5. The van der Waals surface area contributed by atoms with Crippen molar-refractivity contribution in [2.45, 2.75) is 12.3 Å². The zero-order valence-corrected chi connectivity index (χ0v) is 17.0. The maximum atomic E-state index is 12.0. The van der Waals surface area contributed by atoms with Crippen LogP contribution in [0.2, 0.25) is 0 Å². The molecule has 0 spiro atoms. The number of aliphatic carboxylic acids is 2. The number of aromatic amines is 1. The molecule has 0 unspecified atom stereocenters. The first-order chi connectivity index (χ1) is 14.7. The van der Waals surface area contributed by atoms with E-state index in [0.29, 0.717) is 21.9 Å². The fourth-order valence-electron chi connectivity index (χ4n) is 3.09. The predicted octanol–water partition coefficient (Wildman–Crippen LogP) is 2.25. The molecule has 3 aromatic rings. The number of rotatable bonds is 5. The van der Waals surface area contributed by atoms with E-state index in [-0.39, 0.29) is 23.9 Å². The summed E-state index contributed by atoms with van der Waals surface area (Å²) in [5, 5.41) is 29.4. The van der Waals surface area contributed by atoms with Crippen LogP contribution in [0.15, 0.2) is 50.7 Å². The first-order valence-corrected chi connectivity index (χ1v) is 9.52. The number of ether oxygens (including phenoxy) is 2. The number of aliphatic imine (C=N–C) groups is 1. The second kappa shape index (κ2) is 7.43. The molecule has 1 aromatic heterocycles. The summed E-state index contributed by atoms with van der Waals surface area (Å²) in [6.07, 6.45) is 1.39. The maximum Gasteiger partial charge on any atom is 0.453 e. The second-order valence-corrected chi connectivity index (χ2v) is 7.50. The van der Waals surface area contributed by atoms with Crippen molar-refractivity contribution in [2.75, 3.05) is 0 Å². The molecule has 4 N–H and O–H groups in total. The third-order valence-corrected chi connectivity index (χ3v) is 5.07. The van der Waals surface area contributed by atoms with E-state index in [9.17, 15) is 29.7 Å². The molecule has 0 saturated carbocycles. The van der Waals surface area contributed by atoms with Gasteiger partial charge in [-0.15, -0.1) is 0 Å². The van der Waals surface area contributed by atoms with Crippen LogP contribution in [0.4, 0.5) is 0 Å². The van der Waals surface area contributed by atoms with Crippen molar-refractivity contribution in [3.05, 3.63) is 62.4 Å². The molecule has 0 fully saturated rings. The lowest BCUT2D eigenvalue weighted by atomic mass is 10.1. The van der Waals surface area contributed by atoms with Gasteiger partial charge < -0.3 is 24.8 Å². The van der Waals surface area contributed by atoms with Crippen molar-refractivity contribution >= 4 is 44.9 Å². The Kier molecular flexibility index (Phi) is 4.90. The standard InChI is InChI=1S/C20H13BrN2O8/c21-10-2-3-11-12(6-10)13(17(25)23-16(11)24)8-22-7-9-1-4-14-15(5-9)31-20(30-14,18(26)27)19(28)29/h1-6,8H,7H2,(H,26,27)(H,28,29)(H2,23,24,25). The molecule has 11 heteroatoms. The number of carboxylic acid groups (broad SMARTS) is 2. The minimum Gasteiger partial charge on any atom is -0.494 e. The minimum atomic E-state index is -2.84. The molecule has 0 amide bonds. The van der Waals surface area contributed by atoms with Gasteiger partial charge in [-0.1, -0.05) is 22.0 Å². The molecular formula is C20H13BrN2O8. The van der Waals surface area contributed by atoms with Crippen LogP contribution < -0.4 is 15.0 Å². The predicted molar refractivity (Wildman–Crippen MR) is 111 cm³/mol. The van der Waals surface area contributed by atoms with E-state index in [0.717, 1.165) is 4.47 Å². The van der Waals surface area contributed by atoms with Gasteiger partial charge in [-0.2, -0.15) is 0 Å². The largest absolute Gasteiger partial charge is 0.494 e. The Morgan fingerprint density at radius 3 is 2.48 bits per heavy atom. The van der Waals surface area contributed by atoms with Crippen molar-refractivity contribution in [3.63, 3.8) is 0 Å². The summed E-state index contributed by atoms with van der Waals surface area (Å²) in [6, 6.07) is 9.38. The molecular weight excluding hydrogens is 476 g/mol. The number of aromatic hydroxyl groups is 1. The number of pyridine rings is 1. The van der Waals surface area contributed by atoms with Gasteiger partial charge in [-0.25, -0.2) is 9.59 Å². The fraction of sp³-hybridized carbons (Fsp3) is 0.100. The highest BCUT2D eigenvalue weighted by Crippen LogP contribution is 2.40. The molecule has 31 heavy (non-hydrogen) atoms. The Labute approximate surface area is 181 Å². The first-order valence-electron chi connectivity index (χ1n) is 8.73. The first kappa shape index (κ1) is 20.4. The van der Waals surface area contributed by atoms with Crippen LogP contribution in [-0.4, -0.2) is 44.2 Å².